The highest BCUT2D eigenvalue weighted by Gasteiger charge is 2.23. The first-order valence-electron chi connectivity index (χ1n) is 6.54. The van der Waals surface area contributed by atoms with Crippen LogP contribution < -0.4 is 5.73 Å². The highest BCUT2D eigenvalue weighted by atomic mass is 14.6. The molecule has 0 bridgehead atoms. The van der Waals surface area contributed by atoms with Crippen LogP contribution in [0.1, 0.15) is 40.5 Å². The maximum absolute atomic E-state index is 6.34. The van der Waals surface area contributed by atoms with Crippen molar-refractivity contribution in [2.75, 3.05) is 0 Å². The Morgan fingerprint density at radius 3 is 2.56 bits per heavy atom. The van der Waals surface area contributed by atoms with Crippen molar-refractivity contribution >= 4 is 0 Å². The van der Waals surface area contributed by atoms with Gasteiger partial charge in [0.25, 0.3) is 0 Å². The monoisotopic (exact) mass is 243 g/mol. The molecule has 0 radical (unpaired) electrons. The molecule has 0 spiro atoms. The van der Waals surface area contributed by atoms with E-state index in [4.69, 9.17) is 5.73 Å². The molecule has 0 amide bonds. The minimum atomic E-state index is 0.154. The lowest BCUT2D eigenvalue weighted by Crippen LogP contribution is -2.20. The summed E-state index contributed by atoms with van der Waals surface area (Å²) >= 11 is 0. The van der Waals surface area contributed by atoms with Crippen molar-refractivity contribution in [3.05, 3.63) is 59.4 Å². The lowest BCUT2D eigenvalue weighted by atomic mass is 9.78. The Labute approximate surface area is 111 Å². The lowest BCUT2D eigenvalue weighted by Gasteiger charge is -2.29. The second-order valence-electron chi connectivity index (χ2n) is 5.77. The first-order chi connectivity index (χ1) is 8.38. The fourth-order valence-corrected chi connectivity index (χ4v) is 2.29. The van der Waals surface area contributed by atoms with Crippen LogP contribution in [0.2, 0.25) is 0 Å². The van der Waals surface area contributed by atoms with Gasteiger partial charge in [0.2, 0.25) is 0 Å². The second-order valence-corrected chi connectivity index (χ2v) is 5.77. The maximum atomic E-state index is 6.34. The fraction of sp³-hybridized carbons (Fsp3) is 0.412. The number of nitrogens with two attached hydrogens (primary N) is 1. The van der Waals surface area contributed by atoms with E-state index in [0.29, 0.717) is 0 Å². The van der Waals surface area contributed by atoms with Crippen molar-refractivity contribution in [2.45, 2.75) is 40.5 Å². The molecule has 1 rings (SSSR count). The molecular weight excluding hydrogens is 218 g/mol. The Balaban J connectivity index is 3.07. The SMILES string of the molecule is C=C/C=C\C=C(/C)C1=CCCC(C(C)(C)C)=C1N. The summed E-state index contributed by atoms with van der Waals surface area (Å²) in [6.07, 6.45) is 12.2. The molecular formula is C17H25N. The van der Waals surface area contributed by atoms with E-state index < -0.39 is 0 Å². The lowest BCUT2D eigenvalue weighted by molar-refractivity contribution is 0.474. The van der Waals surface area contributed by atoms with Crippen LogP contribution in [-0.4, -0.2) is 0 Å². The molecule has 98 valence electrons. The van der Waals surface area contributed by atoms with Gasteiger partial charge in [-0.25, -0.2) is 0 Å². The number of hydrogen-bond acceptors (Lipinski definition) is 1. The molecule has 0 aromatic carbocycles. The van der Waals surface area contributed by atoms with Crippen LogP contribution in [0.3, 0.4) is 0 Å². The van der Waals surface area contributed by atoms with Crippen LogP contribution in [0.15, 0.2) is 59.4 Å². The number of rotatable bonds is 3. The molecule has 0 aromatic heterocycles. The highest BCUT2D eigenvalue weighted by molar-refractivity contribution is 5.50. The van der Waals surface area contributed by atoms with Gasteiger partial charge in [0.15, 0.2) is 0 Å². The summed E-state index contributed by atoms with van der Waals surface area (Å²) < 4.78 is 0. The third kappa shape index (κ3) is 3.49. The fourth-order valence-electron chi connectivity index (χ4n) is 2.29. The molecule has 1 heteroatoms. The number of allylic oxidation sites excluding steroid dienone is 7. The summed E-state index contributed by atoms with van der Waals surface area (Å²) in [6, 6.07) is 0. The molecule has 0 saturated carbocycles. The predicted octanol–water partition coefficient (Wildman–Crippen LogP) is 4.65. The molecule has 0 heterocycles. The van der Waals surface area contributed by atoms with Crippen LogP contribution >= 0.6 is 0 Å². The van der Waals surface area contributed by atoms with Gasteiger partial charge >= 0.3 is 0 Å². The Hall–Kier alpha value is -1.50. The van der Waals surface area contributed by atoms with Crippen LogP contribution in [0.25, 0.3) is 0 Å². The summed E-state index contributed by atoms with van der Waals surface area (Å²) in [5.74, 6) is 0. The molecule has 1 aliphatic rings. The third-order valence-electron chi connectivity index (χ3n) is 3.28. The van der Waals surface area contributed by atoms with Gasteiger partial charge < -0.3 is 5.73 Å². The van der Waals surface area contributed by atoms with E-state index in [2.05, 4.69) is 46.4 Å². The van der Waals surface area contributed by atoms with E-state index in [9.17, 15) is 0 Å². The van der Waals surface area contributed by atoms with Gasteiger partial charge in [0, 0.05) is 5.70 Å². The first-order valence-corrected chi connectivity index (χ1v) is 6.54. The topological polar surface area (TPSA) is 26.0 Å². The van der Waals surface area contributed by atoms with E-state index in [-0.39, 0.29) is 5.41 Å². The van der Waals surface area contributed by atoms with Gasteiger partial charge in [-0.1, -0.05) is 57.7 Å². The molecule has 0 aliphatic heterocycles. The van der Waals surface area contributed by atoms with Crippen molar-refractivity contribution in [1.82, 2.24) is 0 Å². The van der Waals surface area contributed by atoms with Crippen LogP contribution in [0, 0.1) is 5.41 Å². The van der Waals surface area contributed by atoms with Gasteiger partial charge in [-0.2, -0.15) is 0 Å². The largest absolute Gasteiger partial charge is 0.398 e. The van der Waals surface area contributed by atoms with Crippen LogP contribution in [-0.2, 0) is 0 Å². The zero-order valence-electron chi connectivity index (χ0n) is 12.1. The molecule has 0 saturated heterocycles. The van der Waals surface area contributed by atoms with Crippen molar-refractivity contribution < 1.29 is 0 Å². The van der Waals surface area contributed by atoms with Crippen molar-refractivity contribution in [1.29, 1.82) is 0 Å². The Bertz CT molecular complexity index is 437. The highest BCUT2D eigenvalue weighted by Crippen LogP contribution is 2.37. The molecule has 0 aromatic rings. The summed E-state index contributed by atoms with van der Waals surface area (Å²) in [5, 5.41) is 0. The van der Waals surface area contributed by atoms with Gasteiger partial charge in [0.1, 0.15) is 0 Å². The van der Waals surface area contributed by atoms with E-state index in [1.54, 1.807) is 6.08 Å². The Morgan fingerprint density at radius 2 is 2.00 bits per heavy atom. The summed E-state index contributed by atoms with van der Waals surface area (Å²) in [4.78, 5) is 0. The molecule has 0 fully saturated rings. The standard InChI is InChI=1S/C17H25N/c1-6-7-8-10-13(2)14-11-9-12-15(16(14)18)17(3,4)5/h6-8,10-11H,1,9,12,18H2,2-5H3/b8-7-,13-10+. The van der Waals surface area contributed by atoms with E-state index >= 15 is 0 Å². The molecule has 1 aliphatic carbocycles. The molecule has 2 N–H and O–H groups in total. The minimum absolute atomic E-state index is 0.154. The van der Waals surface area contributed by atoms with Crippen molar-refractivity contribution in [3.8, 4) is 0 Å². The van der Waals surface area contributed by atoms with Crippen LogP contribution in [0.5, 0.6) is 0 Å². The average molecular weight is 243 g/mol. The maximum Gasteiger partial charge on any atom is 0.0384 e. The third-order valence-corrected chi connectivity index (χ3v) is 3.28. The van der Waals surface area contributed by atoms with Gasteiger partial charge in [0.05, 0.1) is 0 Å². The first kappa shape index (κ1) is 14.6. The molecule has 1 nitrogen and oxygen atoms in total. The Morgan fingerprint density at radius 1 is 1.33 bits per heavy atom. The van der Waals surface area contributed by atoms with Crippen molar-refractivity contribution in [2.24, 2.45) is 11.1 Å². The van der Waals surface area contributed by atoms with E-state index in [1.807, 2.05) is 12.2 Å². The Kier molecular flexibility index (Phi) is 4.77. The smallest absolute Gasteiger partial charge is 0.0384 e. The summed E-state index contributed by atoms with van der Waals surface area (Å²) in [5.41, 5.74) is 11.2. The van der Waals surface area contributed by atoms with Crippen LogP contribution in [0.4, 0.5) is 0 Å². The van der Waals surface area contributed by atoms with Gasteiger partial charge in [-0.3, -0.25) is 0 Å². The predicted molar refractivity (Wildman–Crippen MR) is 81.1 cm³/mol. The second kappa shape index (κ2) is 5.90. The zero-order valence-corrected chi connectivity index (χ0v) is 12.1. The average Bonchev–Trinajstić information content (AvgIpc) is 2.28. The van der Waals surface area contributed by atoms with E-state index in [1.165, 1.54) is 16.7 Å². The quantitative estimate of drug-likeness (QED) is 0.717. The van der Waals surface area contributed by atoms with Gasteiger partial charge in [-0.05, 0) is 41.9 Å². The van der Waals surface area contributed by atoms with Crippen molar-refractivity contribution in [3.63, 3.8) is 0 Å². The molecule has 0 unspecified atom stereocenters. The summed E-state index contributed by atoms with van der Waals surface area (Å²) in [6.45, 7) is 12.5. The molecule has 0 atom stereocenters. The minimum Gasteiger partial charge on any atom is -0.398 e. The number of hydrogen-bond donors (Lipinski definition) is 1. The van der Waals surface area contributed by atoms with E-state index in [0.717, 1.165) is 18.5 Å². The summed E-state index contributed by atoms with van der Waals surface area (Å²) in [7, 11) is 0. The molecule has 18 heavy (non-hydrogen) atoms. The van der Waals surface area contributed by atoms with Gasteiger partial charge in [-0.15, -0.1) is 0 Å². The zero-order chi connectivity index (χ0) is 13.8. The normalized spacial score (nSPS) is 18.2.